The molecule has 0 saturated heterocycles. The Hall–Kier alpha value is -2.92. The summed E-state index contributed by atoms with van der Waals surface area (Å²) in [6.45, 7) is 0. The number of hydrogen-bond acceptors (Lipinski definition) is 5. The second-order valence-electron chi connectivity index (χ2n) is 5.06. The quantitative estimate of drug-likeness (QED) is 0.428. The fraction of sp³-hybridized carbons (Fsp3) is 0. The van der Waals surface area contributed by atoms with E-state index < -0.39 is 0 Å². The van der Waals surface area contributed by atoms with E-state index in [4.69, 9.17) is 0 Å². The van der Waals surface area contributed by atoms with E-state index in [2.05, 4.69) is 15.5 Å². The van der Waals surface area contributed by atoms with Crippen LogP contribution in [-0.4, -0.2) is 16.3 Å². The van der Waals surface area contributed by atoms with Gasteiger partial charge in [0, 0.05) is 21.7 Å². The Labute approximate surface area is 136 Å². The molecule has 112 valence electrons. The van der Waals surface area contributed by atoms with E-state index in [0.29, 0.717) is 0 Å². The molecule has 0 atom stereocenters. The van der Waals surface area contributed by atoms with Crippen LogP contribution in [0.3, 0.4) is 0 Å². The molecule has 0 unspecified atom stereocenters. The zero-order chi connectivity index (χ0) is 15.6. The number of aromatic hydroxyl groups is 1. The third-order valence-electron chi connectivity index (χ3n) is 3.60. The maximum Gasteiger partial charge on any atom is 0.143 e. The van der Waals surface area contributed by atoms with Gasteiger partial charge in [-0.3, -0.25) is 10.4 Å². The number of hydrazone groups is 1. The van der Waals surface area contributed by atoms with Gasteiger partial charge in [0.25, 0.3) is 0 Å². The predicted octanol–water partition coefficient (Wildman–Crippen LogP) is 4.60. The highest BCUT2D eigenvalue weighted by Crippen LogP contribution is 2.35. The lowest BCUT2D eigenvalue weighted by molar-refractivity contribution is 0.483. The number of nitrogens with zero attached hydrogens (tertiary/aromatic N) is 2. The maximum absolute atomic E-state index is 10.2. The predicted molar refractivity (Wildman–Crippen MR) is 96.4 cm³/mol. The van der Waals surface area contributed by atoms with Gasteiger partial charge >= 0.3 is 0 Å². The zero-order valence-corrected chi connectivity index (χ0v) is 12.9. The van der Waals surface area contributed by atoms with Crippen molar-refractivity contribution in [1.29, 1.82) is 0 Å². The number of fused-ring (bicyclic) bond motifs is 2. The molecule has 4 nitrogen and oxygen atoms in total. The Morgan fingerprint density at radius 2 is 1.91 bits per heavy atom. The first-order valence-electron chi connectivity index (χ1n) is 7.16. The van der Waals surface area contributed by atoms with E-state index in [9.17, 15) is 5.11 Å². The Balaban J connectivity index is 1.64. The molecule has 0 fully saturated rings. The molecule has 0 saturated carbocycles. The first-order valence-corrected chi connectivity index (χ1v) is 7.98. The molecule has 4 rings (SSSR count). The molecule has 5 heteroatoms. The highest BCUT2D eigenvalue weighted by Gasteiger charge is 2.08. The third kappa shape index (κ3) is 2.51. The highest BCUT2D eigenvalue weighted by atomic mass is 32.1. The molecule has 2 aromatic carbocycles. The second-order valence-corrected chi connectivity index (χ2v) is 6.15. The molecule has 23 heavy (non-hydrogen) atoms. The molecule has 4 aromatic rings. The molecular weight excluding hydrogens is 306 g/mol. The van der Waals surface area contributed by atoms with Gasteiger partial charge in [-0.15, -0.1) is 11.3 Å². The lowest BCUT2D eigenvalue weighted by atomic mass is 10.2. The zero-order valence-electron chi connectivity index (χ0n) is 12.1. The van der Waals surface area contributed by atoms with Crippen LogP contribution in [0.2, 0.25) is 0 Å². The van der Waals surface area contributed by atoms with Crippen LogP contribution in [0, 0.1) is 0 Å². The van der Waals surface area contributed by atoms with Gasteiger partial charge in [0.1, 0.15) is 5.75 Å². The third-order valence-corrected chi connectivity index (χ3v) is 4.69. The Morgan fingerprint density at radius 1 is 1.04 bits per heavy atom. The molecule has 2 N–H and O–H groups in total. The number of nitrogens with one attached hydrogen (secondary N) is 1. The lowest BCUT2D eigenvalue weighted by Gasteiger charge is -2.03. The number of hydrogen-bond donors (Lipinski definition) is 2. The van der Waals surface area contributed by atoms with Crippen LogP contribution in [0.4, 0.5) is 5.69 Å². The SMILES string of the molecule is Oc1c(C=NNc2cccc3cccnc23)sc2ccccc12. The van der Waals surface area contributed by atoms with Crippen LogP contribution in [0.15, 0.2) is 65.9 Å². The summed E-state index contributed by atoms with van der Waals surface area (Å²) in [6, 6.07) is 17.6. The minimum absolute atomic E-state index is 0.271. The molecule has 2 heterocycles. The van der Waals surface area contributed by atoms with Gasteiger partial charge in [-0.25, -0.2) is 0 Å². The van der Waals surface area contributed by atoms with Gasteiger partial charge in [-0.2, -0.15) is 5.10 Å². The van der Waals surface area contributed by atoms with Crippen molar-refractivity contribution in [3.8, 4) is 5.75 Å². The van der Waals surface area contributed by atoms with Crippen LogP contribution < -0.4 is 5.43 Å². The van der Waals surface area contributed by atoms with Crippen LogP contribution in [0.1, 0.15) is 4.88 Å². The van der Waals surface area contributed by atoms with Gasteiger partial charge in [-0.05, 0) is 24.3 Å². The van der Waals surface area contributed by atoms with Gasteiger partial charge in [0.15, 0.2) is 0 Å². The van der Waals surface area contributed by atoms with Crippen molar-refractivity contribution in [3.05, 3.63) is 65.7 Å². The van der Waals surface area contributed by atoms with Crippen molar-refractivity contribution < 1.29 is 5.11 Å². The fourth-order valence-electron chi connectivity index (χ4n) is 2.49. The minimum atomic E-state index is 0.271. The number of benzene rings is 2. The molecule has 0 radical (unpaired) electrons. The van der Waals surface area contributed by atoms with Crippen molar-refractivity contribution in [3.63, 3.8) is 0 Å². The molecule has 0 spiro atoms. The van der Waals surface area contributed by atoms with E-state index in [0.717, 1.165) is 31.6 Å². The summed E-state index contributed by atoms with van der Waals surface area (Å²) < 4.78 is 1.04. The van der Waals surface area contributed by atoms with Crippen LogP contribution in [0.5, 0.6) is 5.75 Å². The van der Waals surface area contributed by atoms with E-state index in [1.165, 1.54) is 11.3 Å². The number of para-hydroxylation sites is 1. The Bertz CT molecular complexity index is 1020. The number of rotatable bonds is 3. The van der Waals surface area contributed by atoms with Gasteiger partial charge in [-0.1, -0.05) is 30.3 Å². The van der Waals surface area contributed by atoms with Crippen molar-refractivity contribution in [2.45, 2.75) is 0 Å². The van der Waals surface area contributed by atoms with E-state index >= 15 is 0 Å². The second kappa shape index (κ2) is 5.70. The summed E-state index contributed by atoms with van der Waals surface area (Å²) in [6.07, 6.45) is 3.40. The summed E-state index contributed by atoms with van der Waals surface area (Å²) in [7, 11) is 0. The van der Waals surface area contributed by atoms with E-state index in [1.807, 2.05) is 54.6 Å². The first kappa shape index (κ1) is 13.7. The standard InChI is InChI=1S/C18H13N3OS/c22-18-13-7-1-2-9-15(13)23-16(18)11-20-21-14-8-3-5-12-6-4-10-19-17(12)14/h1-11,21-22H. The largest absolute Gasteiger partial charge is 0.506 e. The fourth-order valence-corrected chi connectivity index (χ4v) is 3.46. The number of aromatic nitrogens is 1. The van der Waals surface area contributed by atoms with E-state index in [-0.39, 0.29) is 5.75 Å². The average molecular weight is 319 g/mol. The number of anilines is 1. The highest BCUT2D eigenvalue weighted by molar-refractivity contribution is 7.21. The lowest BCUT2D eigenvalue weighted by Crippen LogP contribution is -1.92. The summed E-state index contributed by atoms with van der Waals surface area (Å²) in [5.74, 6) is 0.271. The molecular formula is C18H13N3OS. The summed E-state index contributed by atoms with van der Waals surface area (Å²) in [5.41, 5.74) is 4.71. The van der Waals surface area contributed by atoms with E-state index in [1.54, 1.807) is 12.4 Å². The first-order chi connectivity index (χ1) is 11.3. The van der Waals surface area contributed by atoms with Crippen molar-refractivity contribution >= 4 is 44.2 Å². The normalized spacial score (nSPS) is 11.5. The van der Waals surface area contributed by atoms with Crippen molar-refractivity contribution in [1.82, 2.24) is 4.98 Å². The Morgan fingerprint density at radius 3 is 2.83 bits per heavy atom. The van der Waals surface area contributed by atoms with Crippen LogP contribution in [-0.2, 0) is 0 Å². The molecule has 0 aliphatic heterocycles. The molecule has 0 amide bonds. The maximum atomic E-state index is 10.2. The van der Waals surface area contributed by atoms with Gasteiger partial charge in [0.05, 0.1) is 22.3 Å². The van der Waals surface area contributed by atoms with Gasteiger partial charge in [0.2, 0.25) is 0 Å². The summed E-state index contributed by atoms with van der Waals surface area (Å²) >= 11 is 1.51. The summed E-state index contributed by atoms with van der Waals surface area (Å²) in [5, 5.41) is 16.4. The van der Waals surface area contributed by atoms with Crippen molar-refractivity contribution in [2.24, 2.45) is 5.10 Å². The van der Waals surface area contributed by atoms with Gasteiger partial charge < -0.3 is 5.11 Å². The van der Waals surface area contributed by atoms with Crippen molar-refractivity contribution in [2.75, 3.05) is 5.43 Å². The van der Waals surface area contributed by atoms with Crippen LogP contribution in [0.25, 0.3) is 21.0 Å². The molecule has 0 aliphatic carbocycles. The smallest absolute Gasteiger partial charge is 0.143 e. The number of thiophene rings is 1. The average Bonchev–Trinajstić information content (AvgIpc) is 2.92. The monoisotopic (exact) mass is 319 g/mol. The Kier molecular flexibility index (Phi) is 3.40. The topological polar surface area (TPSA) is 57.5 Å². The molecule has 0 bridgehead atoms. The molecule has 0 aliphatic rings. The molecule has 2 aromatic heterocycles. The van der Waals surface area contributed by atoms with Crippen LogP contribution >= 0.6 is 11.3 Å². The summed E-state index contributed by atoms with van der Waals surface area (Å²) in [4.78, 5) is 5.10. The minimum Gasteiger partial charge on any atom is -0.506 e. The number of pyridine rings is 1.